The second kappa shape index (κ2) is 11.1. The van der Waals surface area contributed by atoms with Crippen molar-refractivity contribution in [2.45, 2.75) is 76.5 Å². The number of fused-ring (bicyclic) bond motifs is 1. The number of ether oxygens (including phenoxy) is 2. The lowest BCUT2D eigenvalue weighted by atomic mass is 9.97. The van der Waals surface area contributed by atoms with Gasteiger partial charge in [0.25, 0.3) is 5.56 Å². The molecule has 1 N–H and O–H groups in total. The monoisotopic (exact) mass is 473 g/mol. The standard InChI is InChI=1S/C25H35N3O4S/c1-6-25(2,3)27-22(29)16-33-24-26-19-15-21(32-5)20(31-4)14-18(19)23(30)28(24)13-12-17-10-8-7-9-11-17/h10,14-15H,6-9,11-13,16H2,1-5H3,(H,27,29). The van der Waals surface area contributed by atoms with Crippen LogP contribution in [0.25, 0.3) is 10.9 Å². The maximum absolute atomic E-state index is 13.5. The first kappa shape index (κ1) is 25.1. The number of aromatic nitrogens is 2. The Balaban J connectivity index is 1.95. The van der Waals surface area contributed by atoms with Crippen LogP contribution in [0.4, 0.5) is 0 Å². The number of thioether (sulfide) groups is 1. The third kappa shape index (κ3) is 6.31. The lowest BCUT2D eigenvalue weighted by Crippen LogP contribution is -2.43. The molecule has 8 heteroatoms. The number of nitrogens with one attached hydrogen (secondary N) is 1. The SMILES string of the molecule is CCC(C)(C)NC(=O)CSc1nc2cc(OC)c(OC)cc2c(=O)n1CCC1=CCCCC1. The van der Waals surface area contributed by atoms with E-state index in [0.717, 1.165) is 25.7 Å². The van der Waals surface area contributed by atoms with Crippen molar-refractivity contribution in [2.75, 3.05) is 20.0 Å². The van der Waals surface area contributed by atoms with Crippen LogP contribution in [-0.2, 0) is 11.3 Å². The number of amides is 1. The highest BCUT2D eigenvalue weighted by atomic mass is 32.2. The summed E-state index contributed by atoms with van der Waals surface area (Å²) < 4.78 is 12.5. The maximum atomic E-state index is 13.5. The fourth-order valence-electron chi connectivity index (χ4n) is 3.85. The normalized spacial score (nSPS) is 14.2. The summed E-state index contributed by atoms with van der Waals surface area (Å²) >= 11 is 1.29. The van der Waals surface area contributed by atoms with E-state index in [1.54, 1.807) is 30.9 Å². The third-order valence-electron chi connectivity index (χ3n) is 6.16. The van der Waals surface area contributed by atoms with Gasteiger partial charge in [-0.2, -0.15) is 0 Å². The molecule has 180 valence electrons. The number of allylic oxidation sites excluding steroid dienone is 2. The van der Waals surface area contributed by atoms with Crippen molar-refractivity contribution < 1.29 is 14.3 Å². The molecule has 1 aliphatic rings. The molecule has 0 bridgehead atoms. The van der Waals surface area contributed by atoms with E-state index >= 15 is 0 Å². The van der Waals surface area contributed by atoms with Crippen molar-refractivity contribution in [2.24, 2.45) is 0 Å². The van der Waals surface area contributed by atoms with Gasteiger partial charge in [0.2, 0.25) is 5.91 Å². The minimum Gasteiger partial charge on any atom is -0.493 e. The van der Waals surface area contributed by atoms with Crippen LogP contribution in [0, 0.1) is 0 Å². The summed E-state index contributed by atoms with van der Waals surface area (Å²) in [5.74, 6) is 1.12. The van der Waals surface area contributed by atoms with Crippen molar-refractivity contribution >= 4 is 28.6 Å². The molecule has 0 unspecified atom stereocenters. The molecule has 7 nitrogen and oxygen atoms in total. The molecule has 0 saturated heterocycles. The van der Waals surface area contributed by atoms with Crippen molar-refractivity contribution in [1.29, 1.82) is 0 Å². The van der Waals surface area contributed by atoms with Crippen LogP contribution in [0.15, 0.2) is 33.7 Å². The number of hydrogen-bond acceptors (Lipinski definition) is 6. The van der Waals surface area contributed by atoms with Crippen LogP contribution in [0.2, 0.25) is 0 Å². The second-order valence-corrected chi connectivity index (χ2v) is 9.95. The van der Waals surface area contributed by atoms with Gasteiger partial charge < -0.3 is 14.8 Å². The van der Waals surface area contributed by atoms with Gasteiger partial charge in [0.1, 0.15) is 0 Å². The van der Waals surface area contributed by atoms with E-state index in [2.05, 4.69) is 11.4 Å². The molecule has 0 radical (unpaired) electrons. The summed E-state index contributed by atoms with van der Waals surface area (Å²) in [7, 11) is 3.10. The number of rotatable bonds is 10. The van der Waals surface area contributed by atoms with Crippen LogP contribution >= 0.6 is 11.8 Å². The predicted octanol–water partition coefficient (Wildman–Crippen LogP) is 4.70. The summed E-state index contributed by atoms with van der Waals surface area (Å²) in [5.41, 5.74) is 1.52. The van der Waals surface area contributed by atoms with Crippen LogP contribution in [0.5, 0.6) is 11.5 Å². The topological polar surface area (TPSA) is 82.5 Å². The van der Waals surface area contributed by atoms with Gasteiger partial charge in [-0.05, 0) is 58.4 Å². The van der Waals surface area contributed by atoms with Crippen LogP contribution < -0.4 is 20.3 Å². The predicted molar refractivity (Wildman–Crippen MR) is 134 cm³/mol. The highest BCUT2D eigenvalue weighted by molar-refractivity contribution is 7.99. The van der Waals surface area contributed by atoms with E-state index in [1.165, 1.54) is 30.2 Å². The van der Waals surface area contributed by atoms with Gasteiger partial charge in [-0.25, -0.2) is 4.98 Å². The van der Waals surface area contributed by atoms with E-state index in [0.29, 0.717) is 34.1 Å². The summed E-state index contributed by atoms with van der Waals surface area (Å²) in [4.78, 5) is 30.8. The number of methoxy groups -OCH3 is 2. The molecular weight excluding hydrogens is 438 g/mol. The molecule has 1 aliphatic carbocycles. The Morgan fingerprint density at radius 1 is 1.21 bits per heavy atom. The molecule has 0 atom stereocenters. The lowest BCUT2D eigenvalue weighted by Gasteiger charge is -2.24. The molecule has 33 heavy (non-hydrogen) atoms. The van der Waals surface area contributed by atoms with Crippen molar-refractivity contribution in [1.82, 2.24) is 14.9 Å². The Bertz CT molecular complexity index is 1090. The van der Waals surface area contributed by atoms with Crippen molar-refractivity contribution in [3.05, 3.63) is 34.1 Å². The molecule has 3 rings (SSSR count). The quantitative estimate of drug-likeness (QED) is 0.306. The molecule has 0 aliphatic heterocycles. The first-order valence-electron chi connectivity index (χ1n) is 11.6. The summed E-state index contributed by atoms with van der Waals surface area (Å²) in [6.45, 7) is 6.57. The number of carbonyl (C=O) groups is 1. The zero-order valence-corrected chi connectivity index (χ0v) is 21.1. The highest BCUT2D eigenvalue weighted by Crippen LogP contribution is 2.31. The van der Waals surface area contributed by atoms with E-state index in [1.807, 2.05) is 20.8 Å². The smallest absolute Gasteiger partial charge is 0.262 e. The van der Waals surface area contributed by atoms with Crippen LogP contribution in [0.1, 0.15) is 59.3 Å². The van der Waals surface area contributed by atoms with Gasteiger partial charge >= 0.3 is 0 Å². The fourth-order valence-corrected chi connectivity index (χ4v) is 4.68. The first-order chi connectivity index (χ1) is 15.8. The average Bonchev–Trinajstić information content (AvgIpc) is 2.81. The summed E-state index contributed by atoms with van der Waals surface area (Å²) in [5, 5.41) is 4.06. The molecule has 1 amide bonds. The van der Waals surface area contributed by atoms with Crippen molar-refractivity contribution in [3.63, 3.8) is 0 Å². The largest absolute Gasteiger partial charge is 0.493 e. The van der Waals surface area contributed by atoms with Gasteiger partial charge in [0.05, 0.1) is 30.9 Å². The van der Waals surface area contributed by atoms with Gasteiger partial charge in [0, 0.05) is 18.2 Å². The Hall–Kier alpha value is -2.48. The molecular formula is C25H35N3O4S. The molecule has 0 fully saturated rings. The number of nitrogens with zero attached hydrogens (tertiary/aromatic N) is 2. The van der Waals surface area contributed by atoms with E-state index in [9.17, 15) is 9.59 Å². The lowest BCUT2D eigenvalue weighted by molar-refractivity contribution is -0.120. The molecule has 2 aromatic rings. The zero-order chi connectivity index (χ0) is 24.0. The summed E-state index contributed by atoms with van der Waals surface area (Å²) in [6, 6.07) is 3.40. The molecule has 0 saturated carbocycles. The molecule has 0 spiro atoms. The zero-order valence-electron chi connectivity index (χ0n) is 20.3. The highest BCUT2D eigenvalue weighted by Gasteiger charge is 2.20. The van der Waals surface area contributed by atoms with Gasteiger partial charge in [0.15, 0.2) is 16.7 Å². The van der Waals surface area contributed by atoms with E-state index < -0.39 is 0 Å². The van der Waals surface area contributed by atoms with Crippen LogP contribution in [-0.4, -0.2) is 41.0 Å². The summed E-state index contributed by atoms with van der Waals surface area (Å²) in [6.07, 6.45) is 8.55. The Kier molecular flexibility index (Phi) is 8.46. The molecule has 1 aromatic heterocycles. The Labute approximate surface area is 199 Å². The third-order valence-corrected chi connectivity index (χ3v) is 7.14. The Morgan fingerprint density at radius 3 is 2.58 bits per heavy atom. The van der Waals surface area contributed by atoms with Gasteiger partial charge in [-0.15, -0.1) is 0 Å². The minimum absolute atomic E-state index is 0.0740. The van der Waals surface area contributed by atoms with Crippen LogP contribution in [0.3, 0.4) is 0 Å². The maximum Gasteiger partial charge on any atom is 0.262 e. The van der Waals surface area contributed by atoms with E-state index in [-0.39, 0.29) is 22.8 Å². The fraction of sp³-hybridized carbons (Fsp3) is 0.560. The number of benzene rings is 1. The van der Waals surface area contributed by atoms with Crippen molar-refractivity contribution in [3.8, 4) is 11.5 Å². The first-order valence-corrected chi connectivity index (χ1v) is 12.5. The number of hydrogen-bond donors (Lipinski definition) is 1. The minimum atomic E-state index is -0.272. The Morgan fingerprint density at radius 2 is 1.94 bits per heavy atom. The molecule has 1 aromatic carbocycles. The van der Waals surface area contributed by atoms with Gasteiger partial charge in [-0.3, -0.25) is 14.2 Å². The average molecular weight is 474 g/mol. The second-order valence-electron chi connectivity index (χ2n) is 9.01. The van der Waals surface area contributed by atoms with Gasteiger partial charge in [-0.1, -0.05) is 30.3 Å². The molecule has 1 heterocycles. The van der Waals surface area contributed by atoms with E-state index in [4.69, 9.17) is 14.5 Å². The number of carbonyl (C=O) groups excluding carboxylic acids is 1.